The quantitative estimate of drug-likeness (QED) is 0.463. The van der Waals surface area contributed by atoms with E-state index in [0.29, 0.717) is 17.0 Å². The molecule has 0 bridgehead atoms. The number of esters is 1. The number of hydrogen-bond donors (Lipinski definition) is 1. The van der Waals surface area contributed by atoms with Crippen LogP contribution < -0.4 is 19.5 Å². The molecule has 0 saturated carbocycles. The van der Waals surface area contributed by atoms with Crippen LogP contribution in [0, 0.1) is 0 Å². The van der Waals surface area contributed by atoms with Crippen molar-refractivity contribution in [3.8, 4) is 17.2 Å². The van der Waals surface area contributed by atoms with Gasteiger partial charge in [0.15, 0.2) is 18.1 Å². The summed E-state index contributed by atoms with van der Waals surface area (Å²) in [6.45, 7) is -1.25. The number of methoxy groups -OCH3 is 1. The second-order valence-corrected chi connectivity index (χ2v) is 5.73. The van der Waals surface area contributed by atoms with Crippen molar-refractivity contribution in [3.05, 3.63) is 54.1 Å². The van der Waals surface area contributed by atoms with Crippen molar-refractivity contribution in [1.29, 1.82) is 0 Å². The average molecular weight is 421 g/mol. The second kappa shape index (κ2) is 11.4. The molecule has 9 heteroatoms. The van der Waals surface area contributed by atoms with Crippen molar-refractivity contribution in [2.75, 3.05) is 25.6 Å². The van der Waals surface area contributed by atoms with Crippen molar-refractivity contribution >= 4 is 23.6 Å². The van der Waals surface area contributed by atoms with Crippen LogP contribution in [0.25, 0.3) is 6.08 Å². The van der Waals surface area contributed by atoms with Crippen LogP contribution in [-0.4, -0.2) is 38.8 Å². The summed E-state index contributed by atoms with van der Waals surface area (Å²) in [6.07, 6.45) is 2.76. The van der Waals surface area contributed by atoms with E-state index >= 15 is 0 Å². The fraction of sp³-hybridized carbons (Fsp3) is 0.238. The Morgan fingerprint density at radius 3 is 2.63 bits per heavy atom. The highest BCUT2D eigenvalue weighted by atomic mass is 19.3. The number of amides is 1. The fourth-order valence-corrected chi connectivity index (χ4v) is 2.35. The molecule has 0 fully saturated rings. The summed E-state index contributed by atoms with van der Waals surface area (Å²) in [6, 6.07) is 10.8. The van der Waals surface area contributed by atoms with Crippen LogP contribution in [0.1, 0.15) is 12.5 Å². The molecular weight excluding hydrogens is 400 g/mol. The lowest BCUT2D eigenvalue weighted by atomic mass is 10.2. The van der Waals surface area contributed by atoms with Crippen molar-refractivity contribution in [3.63, 3.8) is 0 Å². The first-order valence-electron chi connectivity index (χ1n) is 8.91. The van der Waals surface area contributed by atoms with E-state index in [4.69, 9.17) is 14.2 Å². The van der Waals surface area contributed by atoms with E-state index in [0.717, 1.165) is 0 Å². The van der Waals surface area contributed by atoms with E-state index in [2.05, 4.69) is 10.1 Å². The Hall–Kier alpha value is -3.62. The van der Waals surface area contributed by atoms with Crippen LogP contribution in [0.3, 0.4) is 0 Å². The number of halogens is 2. The third-order valence-corrected chi connectivity index (χ3v) is 3.59. The van der Waals surface area contributed by atoms with Crippen LogP contribution in [0.15, 0.2) is 48.5 Å². The number of anilines is 1. The average Bonchev–Trinajstić information content (AvgIpc) is 2.71. The SMILES string of the molecule is CCOC(=O)COc1cccc(NC(=O)C=Cc2ccc(OC(F)F)c(OC)c2)c1. The summed E-state index contributed by atoms with van der Waals surface area (Å²) < 4.78 is 44.2. The van der Waals surface area contributed by atoms with E-state index in [1.165, 1.54) is 37.5 Å². The summed E-state index contributed by atoms with van der Waals surface area (Å²) >= 11 is 0. The number of hydrogen-bond acceptors (Lipinski definition) is 6. The second-order valence-electron chi connectivity index (χ2n) is 5.73. The zero-order chi connectivity index (χ0) is 21.9. The van der Waals surface area contributed by atoms with Gasteiger partial charge in [-0.1, -0.05) is 12.1 Å². The minimum atomic E-state index is -2.97. The molecule has 0 aliphatic rings. The number of rotatable bonds is 10. The molecule has 2 aromatic rings. The lowest BCUT2D eigenvalue weighted by molar-refractivity contribution is -0.145. The molecule has 0 aromatic heterocycles. The molecular formula is C21H21F2NO6. The van der Waals surface area contributed by atoms with Crippen molar-refractivity contribution in [2.24, 2.45) is 0 Å². The smallest absolute Gasteiger partial charge is 0.387 e. The standard InChI is InChI=1S/C21H21F2NO6/c1-3-28-20(26)13-29-16-6-4-5-15(12-16)24-19(25)10-8-14-7-9-17(30-21(22)23)18(11-14)27-2/h4-12,21H,3,13H2,1-2H3,(H,24,25). The molecule has 2 aromatic carbocycles. The molecule has 160 valence electrons. The summed E-state index contributed by atoms with van der Waals surface area (Å²) in [5, 5.41) is 2.65. The van der Waals surface area contributed by atoms with Crippen LogP contribution in [0.5, 0.6) is 17.2 Å². The van der Waals surface area contributed by atoms with Gasteiger partial charge >= 0.3 is 12.6 Å². The Kier molecular flexibility index (Phi) is 8.61. The molecule has 2 rings (SSSR count). The topological polar surface area (TPSA) is 83.1 Å². The van der Waals surface area contributed by atoms with Gasteiger partial charge in [0, 0.05) is 17.8 Å². The molecule has 1 amide bonds. The van der Waals surface area contributed by atoms with E-state index < -0.39 is 18.5 Å². The van der Waals surface area contributed by atoms with Gasteiger partial charge in [0.25, 0.3) is 0 Å². The lowest BCUT2D eigenvalue weighted by Gasteiger charge is -2.10. The molecule has 0 aliphatic heterocycles. The summed E-state index contributed by atoms with van der Waals surface area (Å²) in [4.78, 5) is 23.5. The number of ether oxygens (including phenoxy) is 4. The molecule has 0 heterocycles. The minimum absolute atomic E-state index is 0.103. The molecule has 0 spiro atoms. The van der Waals surface area contributed by atoms with Gasteiger partial charge in [0.05, 0.1) is 13.7 Å². The Balaban J connectivity index is 1.97. The predicted octanol–water partition coefficient (Wildman–Crippen LogP) is 3.89. The number of benzene rings is 2. The van der Waals surface area contributed by atoms with Gasteiger partial charge in [-0.2, -0.15) is 8.78 Å². The summed E-state index contributed by atoms with van der Waals surface area (Å²) in [7, 11) is 1.32. The minimum Gasteiger partial charge on any atom is -0.493 e. The van der Waals surface area contributed by atoms with Crippen LogP contribution in [0.4, 0.5) is 14.5 Å². The maximum Gasteiger partial charge on any atom is 0.387 e. The fourth-order valence-electron chi connectivity index (χ4n) is 2.35. The van der Waals surface area contributed by atoms with Crippen LogP contribution >= 0.6 is 0 Å². The van der Waals surface area contributed by atoms with Gasteiger partial charge in [-0.15, -0.1) is 0 Å². The number of nitrogens with one attached hydrogen (secondary N) is 1. The molecule has 7 nitrogen and oxygen atoms in total. The third kappa shape index (κ3) is 7.42. The first kappa shape index (κ1) is 22.7. The predicted molar refractivity (Wildman–Crippen MR) is 106 cm³/mol. The molecule has 1 N–H and O–H groups in total. The highest BCUT2D eigenvalue weighted by molar-refractivity contribution is 6.02. The van der Waals surface area contributed by atoms with E-state index in [1.807, 2.05) is 0 Å². The largest absolute Gasteiger partial charge is 0.493 e. The monoisotopic (exact) mass is 421 g/mol. The molecule has 0 unspecified atom stereocenters. The van der Waals surface area contributed by atoms with Gasteiger partial charge in [-0.25, -0.2) is 4.79 Å². The molecule has 0 radical (unpaired) electrons. The molecule has 0 aliphatic carbocycles. The van der Waals surface area contributed by atoms with Gasteiger partial charge < -0.3 is 24.3 Å². The first-order valence-corrected chi connectivity index (χ1v) is 8.91. The maximum atomic E-state index is 12.4. The van der Waals surface area contributed by atoms with Crippen LogP contribution in [-0.2, 0) is 14.3 Å². The van der Waals surface area contributed by atoms with E-state index in [9.17, 15) is 18.4 Å². The molecule has 30 heavy (non-hydrogen) atoms. The molecule has 0 atom stereocenters. The van der Waals surface area contributed by atoms with Gasteiger partial charge in [0.2, 0.25) is 5.91 Å². The molecule has 0 saturated heterocycles. The van der Waals surface area contributed by atoms with Crippen molar-refractivity contribution < 1.29 is 37.3 Å². The van der Waals surface area contributed by atoms with Crippen molar-refractivity contribution in [1.82, 2.24) is 0 Å². The number of carbonyl (C=O) groups excluding carboxylic acids is 2. The lowest BCUT2D eigenvalue weighted by Crippen LogP contribution is -2.14. The normalized spacial score (nSPS) is 10.7. The highest BCUT2D eigenvalue weighted by Crippen LogP contribution is 2.29. The summed E-state index contributed by atoms with van der Waals surface area (Å²) in [5.41, 5.74) is 1.01. The first-order chi connectivity index (χ1) is 14.4. The Morgan fingerprint density at radius 1 is 1.13 bits per heavy atom. The summed E-state index contributed by atoms with van der Waals surface area (Å²) in [5.74, 6) is -0.512. The number of carbonyl (C=O) groups is 2. The van der Waals surface area contributed by atoms with Gasteiger partial charge in [0.1, 0.15) is 5.75 Å². The Bertz CT molecular complexity index is 901. The zero-order valence-electron chi connectivity index (χ0n) is 16.4. The maximum absolute atomic E-state index is 12.4. The van der Waals surface area contributed by atoms with Gasteiger partial charge in [-0.3, -0.25) is 4.79 Å². The Labute approximate surface area is 172 Å². The van der Waals surface area contributed by atoms with Gasteiger partial charge in [-0.05, 0) is 42.8 Å². The highest BCUT2D eigenvalue weighted by Gasteiger charge is 2.10. The third-order valence-electron chi connectivity index (χ3n) is 3.59. The Morgan fingerprint density at radius 2 is 1.93 bits per heavy atom. The number of alkyl halides is 2. The zero-order valence-corrected chi connectivity index (χ0v) is 16.4. The van der Waals surface area contributed by atoms with Crippen LogP contribution in [0.2, 0.25) is 0 Å². The van der Waals surface area contributed by atoms with Crippen molar-refractivity contribution in [2.45, 2.75) is 13.5 Å². The van der Waals surface area contributed by atoms with E-state index in [1.54, 1.807) is 31.2 Å². The van der Waals surface area contributed by atoms with E-state index in [-0.39, 0.29) is 24.7 Å².